The van der Waals surface area contributed by atoms with Crippen molar-refractivity contribution >= 4 is 5.69 Å². The molecule has 1 heterocycles. The fourth-order valence-corrected chi connectivity index (χ4v) is 2.72. The Labute approximate surface area is 116 Å². The second-order valence-corrected chi connectivity index (χ2v) is 5.28. The molecule has 2 aromatic rings. The van der Waals surface area contributed by atoms with Gasteiger partial charge in [0.15, 0.2) is 0 Å². The van der Waals surface area contributed by atoms with E-state index < -0.39 is 0 Å². The molecule has 0 atom stereocenters. The minimum atomic E-state index is -0.291. The minimum Gasteiger partial charge on any atom is -0.393 e. The van der Waals surface area contributed by atoms with Gasteiger partial charge in [-0.25, -0.2) is 9.07 Å². The molecule has 0 radical (unpaired) electrons. The second-order valence-electron chi connectivity index (χ2n) is 5.28. The van der Waals surface area contributed by atoms with Gasteiger partial charge in [-0.3, -0.25) is 9.48 Å². The third-order valence-corrected chi connectivity index (χ3v) is 3.80. The van der Waals surface area contributed by atoms with Gasteiger partial charge in [0.1, 0.15) is 11.5 Å². The van der Waals surface area contributed by atoms with E-state index in [4.69, 9.17) is 5.73 Å². The Morgan fingerprint density at radius 2 is 2.10 bits per heavy atom. The van der Waals surface area contributed by atoms with E-state index in [9.17, 15) is 9.18 Å². The number of anilines is 1. The first-order chi connectivity index (χ1) is 9.61. The molecule has 1 aromatic carbocycles. The number of rotatable bonds is 4. The topological polar surface area (TPSA) is 52.9 Å². The lowest BCUT2D eigenvalue weighted by molar-refractivity contribution is 0.472. The van der Waals surface area contributed by atoms with Crippen LogP contribution in [0.1, 0.15) is 36.9 Å². The molecule has 3 rings (SSSR count). The van der Waals surface area contributed by atoms with E-state index in [2.05, 4.69) is 0 Å². The summed E-state index contributed by atoms with van der Waals surface area (Å²) in [5.41, 5.74) is 7.88. The third-order valence-electron chi connectivity index (χ3n) is 3.80. The lowest BCUT2D eigenvalue weighted by Gasteiger charge is -2.12. The predicted molar refractivity (Wildman–Crippen MR) is 76.3 cm³/mol. The van der Waals surface area contributed by atoms with E-state index in [1.165, 1.54) is 12.1 Å². The largest absolute Gasteiger partial charge is 0.393 e. The van der Waals surface area contributed by atoms with Gasteiger partial charge in [-0.1, -0.05) is 12.1 Å². The molecule has 0 bridgehead atoms. The van der Waals surface area contributed by atoms with Crippen LogP contribution >= 0.6 is 0 Å². The van der Waals surface area contributed by atoms with Crippen molar-refractivity contribution in [1.82, 2.24) is 9.36 Å². The molecular weight excluding hydrogens is 257 g/mol. The smallest absolute Gasteiger partial charge is 0.290 e. The van der Waals surface area contributed by atoms with E-state index in [0.717, 1.165) is 24.1 Å². The van der Waals surface area contributed by atoms with Gasteiger partial charge in [0, 0.05) is 12.5 Å². The van der Waals surface area contributed by atoms with Gasteiger partial charge in [0.25, 0.3) is 5.56 Å². The fraction of sp³-hybridized carbons (Fsp3) is 0.400. The highest BCUT2D eigenvalue weighted by atomic mass is 19.1. The zero-order valence-corrected chi connectivity index (χ0v) is 11.5. The monoisotopic (exact) mass is 275 g/mol. The van der Waals surface area contributed by atoms with Gasteiger partial charge in [0.2, 0.25) is 0 Å². The van der Waals surface area contributed by atoms with Gasteiger partial charge >= 0.3 is 0 Å². The number of nitrogens with zero attached hydrogens (tertiary/aromatic N) is 2. The van der Waals surface area contributed by atoms with Crippen molar-refractivity contribution in [3.63, 3.8) is 0 Å². The molecule has 1 saturated carbocycles. The summed E-state index contributed by atoms with van der Waals surface area (Å²) in [6, 6.07) is 6.32. The van der Waals surface area contributed by atoms with Crippen molar-refractivity contribution in [2.75, 3.05) is 5.73 Å². The molecule has 5 heteroatoms. The zero-order valence-electron chi connectivity index (χ0n) is 11.5. The van der Waals surface area contributed by atoms with Crippen molar-refractivity contribution in [2.45, 2.75) is 38.8 Å². The quantitative estimate of drug-likeness (QED) is 0.931. The van der Waals surface area contributed by atoms with Crippen molar-refractivity contribution in [1.29, 1.82) is 0 Å². The normalized spacial score (nSPS) is 14.7. The summed E-state index contributed by atoms with van der Waals surface area (Å²) in [6.45, 7) is 3.03. The number of benzene rings is 1. The highest BCUT2D eigenvalue weighted by molar-refractivity contribution is 5.45. The summed E-state index contributed by atoms with van der Waals surface area (Å²) in [6.07, 6.45) is 2.18. The van der Waals surface area contributed by atoms with E-state index in [0.29, 0.717) is 24.7 Å². The van der Waals surface area contributed by atoms with Crippen LogP contribution in [-0.4, -0.2) is 9.36 Å². The molecule has 0 unspecified atom stereocenters. The summed E-state index contributed by atoms with van der Waals surface area (Å²) < 4.78 is 16.8. The first kappa shape index (κ1) is 13.0. The van der Waals surface area contributed by atoms with Crippen molar-refractivity contribution in [2.24, 2.45) is 0 Å². The maximum Gasteiger partial charge on any atom is 0.290 e. The molecule has 0 spiro atoms. The maximum absolute atomic E-state index is 13.3. The molecule has 1 aliphatic rings. The fourth-order valence-electron chi connectivity index (χ4n) is 2.72. The van der Waals surface area contributed by atoms with Gasteiger partial charge in [-0.2, -0.15) is 0 Å². The molecule has 0 amide bonds. The molecule has 0 aliphatic heterocycles. The standard InChI is InChI=1S/C15H18FN3O/c1-2-18-14(11-6-7-11)13(17)15(20)19(18)9-10-4-3-5-12(16)8-10/h3-5,8,11H,2,6-7,9,17H2,1H3. The number of halogens is 1. The SMILES string of the molecule is CCn1c(C2CC2)c(N)c(=O)n1Cc1cccc(F)c1. The van der Waals surface area contributed by atoms with Crippen molar-refractivity contribution in [3.05, 3.63) is 51.7 Å². The number of nitrogen functional groups attached to an aromatic ring is 1. The van der Waals surface area contributed by atoms with Crippen LogP contribution in [0.25, 0.3) is 0 Å². The predicted octanol–water partition coefficient (Wildman–Crippen LogP) is 2.32. The van der Waals surface area contributed by atoms with Crippen molar-refractivity contribution in [3.8, 4) is 0 Å². The number of hydrogen-bond donors (Lipinski definition) is 1. The molecule has 1 aromatic heterocycles. The highest BCUT2D eigenvalue weighted by Crippen LogP contribution is 2.42. The van der Waals surface area contributed by atoms with Crippen LogP contribution in [0, 0.1) is 5.82 Å². The van der Waals surface area contributed by atoms with Crippen LogP contribution in [0.4, 0.5) is 10.1 Å². The minimum absolute atomic E-state index is 0.169. The Kier molecular flexibility index (Phi) is 3.12. The van der Waals surface area contributed by atoms with Crippen LogP contribution in [0.3, 0.4) is 0 Å². The lowest BCUT2D eigenvalue weighted by atomic mass is 10.2. The van der Waals surface area contributed by atoms with E-state index >= 15 is 0 Å². The Morgan fingerprint density at radius 1 is 1.35 bits per heavy atom. The van der Waals surface area contributed by atoms with E-state index in [1.54, 1.807) is 10.7 Å². The Hall–Kier alpha value is -2.04. The number of hydrogen-bond acceptors (Lipinski definition) is 2. The first-order valence-corrected chi connectivity index (χ1v) is 6.95. The van der Waals surface area contributed by atoms with Crippen LogP contribution in [0.5, 0.6) is 0 Å². The van der Waals surface area contributed by atoms with Crippen LogP contribution in [0.2, 0.25) is 0 Å². The van der Waals surface area contributed by atoms with Crippen LogP contribution < -0.4 is 11.3 Å². The number of aromatic nitrogens is 2. The summed E-state index contributed by atoms with van der Waals surface area (Å²) >= 11 is 0. The molecule has 20 heavy (non-hydrogen) atoms. The summed E-state index contributed by atoms with van der Waals surface area (Å²) in [5.74, 6) is 0.122. The molecule has 2 N–H and O–H groups in total. The van der Waals surface area contributed by atoms with Gasteiger partial charge < -0.3 is 5.73 Å². The average Bonchev–Trinajstić information content (AvgIpc) is 3.22. The van der Waals surface area contributed by atoms with Crippen LogP contribution in [-0.2, 0) is 13.1 Å². The lowest BCUT2D eigenvalue weighted by Crippen LogP contribution is -2.24. The molecule has 106 valence electrons. The van der Waals surface area contributed by atoms with Gasteiger partial charge in [0.05, 0.1) is 12.2 Å². The third kappa shape index (κ3) is 2.13. The molecule has 1 aliphatic carbocycles. The maximum atomic E-state index is 13.3. The molecular formula is C15H18FN3O. The van der Waals surface area contributed by atoms with E-state index in [-0.39, 0.29) is 11.4 Å². The Bertz CT molecular complexity index is 698. The highest BCUT2D eigenvalue weighted by Gasteiger charge is 2.32. The second kappa shape index (κ2) is 4.81. The summed E-state index contributed by atoms with van der Waals surface area (Å²) in [5, 5.41) is 0. The molecule has 1 fully saturated rings. The van der Waals surface area contributed by atoms with E-state index in [1.807, 2.05) is 17.7 Å². The Balaban J connectivity index is 2.05. The van der Waals surface area contributed by atoms with Crippen LogP contribution in [0.15, 0.2) is 29.1 Å². The molecule has 0 saturated heterocycles. The molecule has 4 nitrogen and oxygen atoms in total. The zero-order chi connectivity index (χ0) is 14.3. The Morgan fingerprint density at radius 3 is 2.70 bits per heavy atom. The first-order valence-electron chi connectivity index (χ1n) is 6.95. The van der Waals surface area contributed by atoms with Gasteiger partial charge in [-0.05, 0) is 37.5 Å². The summed E-state index contributed by atoms with van der Waals surface area (Å²) in [4.78, 5) is 12.3. The summed E-state index contributed by atoms with van der Waals surface area (Å²) in [7, 11) is 0. The van der Waals surface area contributed by atoms with Crippen molar-refractivity contribution < 1.29 is 4.39 Å². The number of nitrogens with two attached hydrogens (primary N) is 1. The average molecular weight is 275 g/mol. The van der Waals surface area contributed by atoms with Gasteiger partial charge in [-0.15, -0.1) is 0 Å².